The maximum absolute atomic E-state index is 9.16. The highest BCUT2D eigenvalue weighted by Crippen LogP contribution is 2.24. The van der Waals surface area contributed by atoms with Gasteiger partial charge in [-0.3, -0.25) is 0 Å². The first kappa shape index (κ1) is 12.3. The molecule has 0 spiro atoms. The molecule has 0 aliphatic heterocycles. The summed E-state index contributed by atoms with van der Waals surface area (Å²) in [7, 11) is 0. The van der Waals surface area contributed by atoms with E-state index < -0.39 is 0 Å². The highest BCUT2D eigenvalue weighted by atomic mass is 16.3. The third-order valence-electron chi connectivity index (χ3n) is 2.75. The summed E-state index contributed by atoms with van der Waals surface area (Å²) in [6, 6.07) is 7.80. The van der Waals surface area contributed by atoms with E-state index in [1.54, 1.807) is 12.3 Å². The van der Waals surface area contributed by atoms with Crippen LogP contribution in [0.15, 0.2) is 28.8 Å². The standard InChI is InChI=1S/C14H15N3O/c1-9(2)11(8-15)14-16-7-6-12(17-14)13-5-4-10(3)18-13/h4-7,9,11H,1-3H3. The fraction of sp³-hybridized carbons (Fsp3) is 0.357. The van der Waals surface area contributed by atoms with Gasteiger partial charge in [-0.05, 0) is 31.0 Å². The lowest BCUT2D eigenvalue weighted by atomic mass is 9.96. The fourth-order valence-corrected chi connectivity index (χ4v) is 1.74. The maximum atomic E-state index is 9.16. The Morgan fingerprint density at radius 3 is 2.61 bits per heavy atom. The van der Waals surface area contributed by atoms with Gasteiger partial charge in [0, 0.05) is 6.20 Å². The predicted octanol–water partition coefficient (Wildman–Crippen LogP) is 3.31. The Kier molecular flexibility index (Phi) is 3.42. The molecular formula is C14H15N3O. The van der Waals surface area contributed by atoms with Crippen molar-refractivity contribution in [2.45, 2.75) is 26.7 Å². The zero-order chi connectivity index (χ0) is 13.1. The number of nitrogens with zero attached hydrogens (tertiary/aromatic N) is 3. The van der Waals surface area contributed by atoms with E-state index >= 15 is 0 Å². The van der Waals surface area contributed by atoms with Gasteiger partial charge in [0.15, 0.2) is 5.76 Å². The van der Waals surface area contributed by atoms with E-state index in [2.05, 4.69) is 16.0 Å². The van der Waals surface area contributed by atoms with Crippen molar-refractivity contribution < 1.29 is 4.42 Å². The van der Waals surface area contributed by atoms with Crippen LogP contribution in [0.2, 0.25) is 0 Å². The van der Waals surface area contributed by atoms with Gasteiger partial charge in [0.1, 0.15) is 23.2 Å². The summed E-state index contributed by atoms with van der Waals surface area (Å²) in [4.78, 5) is 8.61. The minimum Gasteiger partial charge on any atom is -0.460 e. The molecule has 0 aliphatic carbocycles. The number of rotatable bonds is 3. The molecule has 18 heavy (non-hydrogen) atoms. The number of furan rings is 1. The first-order valence-electron chi connectivity index (χ1n) is 5.91. The summed E-state index contributed by atoms with van der Waals surface area (Å²) < 4.78 is 5.53. The molecule has 0 N–H and O–H groups in total. The van der Waals surface area contributed by atoms with Gasteiger partial charge in [0.05, 0.1) is 6.07 Å². The Bertz CT molecular complexity index is 581. The van der Waals surface area contributed by atoms with Gasteiger partial charge in [-0.15, -0.1) is 0 Å². The summed E-state index contributed by atoms with van der Waals surface area (Å²) in [6.45, 7) is 5.86. The molecule has 0 amide bonds. The van der Waals surface area contributed by atoms with Gasteiger partial charge in [0.25, 0.3) is 0 Å². The van der Waals surface area contributed by atoms with Gasteiger partial charge < -0.3 is 4.42 Å². The molecule has 4 heteroatoms. The molecule has 0 bridgehead atoms. The van der Waals surface area contributed by atoms with Crippen LogP contribution in [0.5, 0.6) is 0 Å². The zero-order valence-electron chi connectivity index (χ0n) is 10.7. The first-order chi connectivity index (χ1) is 8.61. The van der Waals surface area contributed by atoms with Crippen molar-refractivity contribution in [2.24, 2.45) is 5.92 Å². The Labute approximate surface area is 106 Å². The third-order valence-corrected chi connectivity index (χ3v) is 2.75. The summed E-state index contributed by atoms with van der Waals surface area (Å²) in [6.07, 6.45) is 1.67. The molecule has 2 aromatic heterocycles. The zero-order valence-corrected chi connectivity index (χ0v) is 10.7. The normalized spacial score (nSPS) is 12.4. The van der Waals surface area contributed by atoms with Crippen molar-refractivity contribution in [3.8, 4) is 17.5 Å². The average Bonchev–Trinajstić information content (AvgIpc) is 2.77. The van der Waals surface area contributed by atoms with E-state index in [1.807, 2.05) is 32.9 Å². The molecule has 2 rings (SSSR count). The lowest BCUT2D eigenvalue weighted by Crippen LogP contribution is -2.09. The van der Waals surface area contributed by atoms with Gasteiger partial charge in [-0.2, -0.15) is 5.26 Å². The van der Waals surface area contributed by atoms with E-state index in [0.29, 0.717) is 17.3 Å². The molecule has 0 aliphatic rings. The number of hydrogen-bond acceptors (Lipinski definition) is 4. The van der Waals surface area contributed by atoms with Gasteiger partial charge in [-0.25, -0.2) is 9.97 Å². The van der Waals surface area contributed by atoms with Crippen LogP contribution in [-0.2, 0) is 0 Å². The van der Waals surface area contributed by atoms with Gasteiger partial charge in [0.2, 0.25) is 0 Å². The average molecular weight is 241 g/mol. The molecule has 0 saturated heterocycles. The monoisotopic (exact) mass is 241 g/mol. The highest BCUT2D eigenvalue weighted by Gasteiger charge is 2.19. The quantitative estimate of drug-likeness (QED) is 0.827. The lowest BCUT2D eigenvalue weighted by molar-refractivity contribution is 0.540. The summed E-state index contributed by atoms with van der Waals surface area (Å²) in [5.74, 6) is 1.99. The molecule has 4 nitrogen and oxygen atoms in total. The number of hydrogen-bond donors (Lipinski definition) is 0. The Balaban J connectivity index is 2.39. The molecule has 0 saturated carbocycles. The molecule has 92 valence electrons. The van der Waals surface area contributed by atoms with Crippen LogP contribution in [0, 0.1) is 24.2 Å². The summed E-state index contributed by atoms with van der Waals surface area (Å²) >= 11 is 0. The van der Waals surface area contributed by atoms with Crippen LogP contribution in [-0.4, -0.2) is 9.97 Å². The second-order valence-corrected chi connectivity index (χ2v) is 4.56. The lowest BCUT2D eigenvalue weighted by Gasteiger charge is -2.11. The van der Waals surface area contributed by atoms with Crippen molar-refractivity contribution in [1.29, 1.82) is 5.26 Å². The topological polar surface area (TPSA) is 62.7 Å². The van der Waals surface area contributed by atoms with Crippen LogP contribution in [0.25, 0.3) is 11.5 Å². The molecule has 0 radical (unpaired) electrons. The van der Waals surface area contributed by atoms with Crippen LogP contribution in [0.1, 0.15) is 31.4 Å². The Morgan fingerprint density at radius 1 is 1.28 bits per heavy atom. The van der Waals surface area contributed by atoms with Crippen molar-refractivity contribution in [3.05, 3.63) is 36.0 Å². The molecular weight excluding hydrogens is 226 g/mol. The smallest absolute Gasteiger partial charge is 0.152 e. The highest BCUT2D eigenvalue weighted by molar-refractivity contribution is 5.51. The van der Waals surface area contributed by atoms with Gasteiger partial charge in [-0.1, -0.05) is 13.8 Å². The second kappa shape index (κ2) is 5.01. The molecule has 1 atom stereocenters. The second-order valence-electron chi connectivity index (χ2n) is 4.56. The number of aryl methyl sites for hydroxylation is 1. The molecule has 1 unspecified atom stereocenters. The largest absolute Gasteiger partial charge is 0.460 e. The van der Waals surface area contributed by atoms with Crippen LogP contribution in [0.3, 0.4) is 0 Å². The number of aromatic nitrogens is 2. The summed E-state index contributed by atoms with van der Waals surface area (Å²) in [5, 5.41) is 9.16. The van der Waals surface area contributed by atoms with E-state index in [9.17, 15) is 0 Å². The first-order valence-corrected chi connectivity index (χ1v) is 5.91. The molecule has 2 heterocycles. The van der Waals surface area contributed by atoms with E-state index in [0.717, 1.165) is 5.76 Å². The van der Waals surface area contributed by atoms with Crippen molar-refractivity contribution in [1.82, 2.24) is 9.97 Å². The van der Waals surface area contributed by atoms with Gasteiger partial charge >= 0.3 is 0 Å². The Morgan fingerprint density at radius 2 is 2.06 bits per heavy atom. The molecule has 0 fully saturated rings. The molecule has 0 aromatic carbocycles. The van der Waals surface area contributed by atoms with E-state index in [-0.39, 0.29) is 11.8 Å². The SMILES string of the molecule is Cc1ccc(-c2ccnc(C(C#N)C(C)C)n2)o1. The summed E-state index contributed by atoms with van der Waals surface area (Å²) in [5.41, 5.74) is 0.717. The number of nitriles is 1. The molecule has 2 aromatic rings. The van der Waals surface area contributed by atoms with E-state index in [4.69, 9.17) is 9.68 Å². The van der Waals surface area contributed by atoms with Crippen LogP contribution < -0.4 is 0 Å². The van der Waals surface area contributed by atoms with E-state index in [1.165, 1.54) is 0 Å². The predicted molar refractivity (Wildman–Crippen MR) is 67.7 cm³/mol. The minimum atomic E-state index is -0.291. The van der Waals surface area contributed by atoms with Crippen molar-refractivity contribution >= 4 is 0 Å². The fourth-order valence-electron chi connectivity index (χ4n) is 1.74. The Hall–Kier alpha value is -2.15. The van der Waals surface area contributed by atoms with Crippen molar-refractivity contribution in [3.63, 3.8) is 0 Å². The van der Waals surface area contributed by atoms with Crippen LogP contribution >= 0.6 is 0 Å². The third kappa shape index (κ3) is 2.40. The van der Waals surface area contributed by atoms with Crippen molar-refractivity contribution in [2.75, 3.05) is 0 Å². The maximum Gasteiger partial charge on any atom is 0.152 e. The minimum absolute atomic E-state index is 0.184. The van der Waals surface area contributed by atoms with Crippen LogP contribution in [0.4, 0.5) is 0 Å².